The number of fused-ring (bicyclic) bond motifs is 2. The number of aromatic nitrogens is 4. The highest BCUT2D eigenvalue weighted by Crippen LogP contribution is 2.33. The minimum absolute atomic E-state index is 0. The highest BCUT2D eigenvalue weighted by Gasteiger charge is 2.17. The van der Waals surface area contributed by atoms with Crippen molar-refractivity contribution in [2.24, 2.45) is 7.05 Å². The predicted molar refractivity (Wildman–Crippen MR) is 109 cm³/mol. The van der Waals surface area contributed by atoms with Gasteiger partial charge in [-0.25, -0.2) is 9.97 Å². The van der Waals surface area contributed by atoms with Crippen LogP contribution in [0.3, 0.4) is 0 Å². The normalized spacial score (nSPS) is 15.4. The van der Waals surface area contributed by atoms with Gasteiger partial charge in [-0.3, -0.25) is 4.68 Å². The molecule has 0 amide bonds. The van der Waals surface area contributed by atoms with Gasteiger partial charge in [0.2, 0.25) is 0 Å². The number of aryl methyl sites for hydroxylation is 1. The fraction of sp³-hybridized carbons (Fsp3) is 0.316. The van der Waals surface area contributed by atoms with Gasteiger partial charge in [-0.2, -0.15) is 5.10 Å². The van der Waals surface area contributed by atoms with Crippen molar-refractivity contribution in [3.8, 4) is 10.6 Å². The van der Waals surface area contributed by atoms with Crippen LogP contribution in [0.1, 0.15) is 24.3 Å². The Kier molecular flexibility index (Phi) is 4.65. The summed E-state index contributed by atoms with van der Waals surface area (Å²) in [4.78, 5) is 9.38. The second kappa shape index (κ2) is 6.95. The summed E-state index contributed by atoms with van der Waals surface area (Å²) in [6, 6.07) is 8.61. The SMILES string of the molecule is Cl.Cn1cc2cc(-c3nc4ncc(C5CCNCC5)cc4s3)ccc2n1. The van der Waals surface area contributed by atoms with E-state index >= 15 is 0 Å². The number of piperidine rings is 1. The Hall–Kier alpha value is -2.02. The molecule has 1 fully saturated rings. The summed E-state index contributed by atoms with van der Waals surface area (Å²) in [5, 5.41) is 10.0. The van der Waals surface area contributed by atoms with Crippen molar-refractivity contribution in [1.82, 2.24) is 25.1 Å². The maximum atomic E-state index is 4.75. The van der Waals surface area contributed by atoms with Crippen LogP contribution in [0.15, 0.2) is 36.7 Å². The highest BCUT2D eigenvalue weighted by atomic mass is 35.5. The van der Waals surface area contributed by atoms with Crippen LogP contribution in [0.5, 0.6) is 0 Å². The average molecular weight is 386 g/mol. The first kappa shape index (κ1) is 17.4. The van der Waals surface area contributed by atoms with Gasteiger partial charge < -0.3 is 5.32 Å². The topological polar surface area (TPSA) is 55.6 Å². The number of nitrogens with one attached hydrogen (secondary N) is 1. The summed E-state index contributed by atoms with van der Waals surface area (Å²) < 4.78 is 3.02. The van der Waals surface area contributed by atoms with E-state index in [1.807, 2.05) is 24.1 Å². The first-order chi connectivity index (χ1) is 12.3. The number of benzene rings is 1. The molecule has 1 N–H and O–H groups in total. The van der Waals surface area contributed by atoms with Crippen LogP contribution in [0, 0.1) is 0 Å². The molecule has 0 aliphatic carbocycles. The smallest absolute Gasteiger partial charge is 0.170 e. The molecule has 0 atom stereocenters. The molecule has 4 heterocycles. The van der Waals surface area contributed by atoms with Crippen LogP contribution < -0.4 is 5.32 Å². The standard InChI is InChI=1S/C19H19N5S.ClH/c1-24-11-15-8-13(2-3-16(15)23-24)19-22-18-17(25-19)9-14(10-21-18)12-4-6-20-7-5-12;/h2-3,8-12,20H,4-7H2,1H3;1H. The van der Waals surface area contributed by atoms with Gasteiger partial charge in [0.15, 0.2) is 5.65 Å². The molecule has 134 valence electrons. The molecule has 0 saturated carbocycles. The summed E-state index contributed by atoms with van der Waals surface area (Å²) in [5.74, 6) is 0.621. The van der Waals surface area contributed by atoms with Crippen LogP contribution in [0.4, 0.5) is 0 Å². The second-order valence-corrected chi connectivity index (χ2v) is 7.74. The third-order valence-corrected chi connectivity index (χ3v) is 5.99. The van der Waals surface area contributed by atoms with Crippen molar-refractivity contribution < 1.29 is 0 Å². The monoisotopic (exact) mass is 385 g/mol. The van der Waals surface area contributed by atoms with Crippen LogP contribution in [-0.2, 0) is 7.05 Å². The van der Waals surface area contributed by atoms with E-state index in [1.165, 1.54) is 23.1 Å². The molecule has 4 aromatic rings. The Morgan fingerprint density at radius 2 is 2.04 bits per heavy atom. The quantitative estimate of drug-likeness (QED) is 0.563. The molecular weight excluding hydrogens is 366 g/mol. The molecule has 7 heteroatoms. The van der Waals surface area contributed by atoms with Crippen molar-refractivity contribution in [1.29, 1.82) is 0 Å². The molecule has 5 nitrogen and oxygen atoms in total. The van der Waals surface area contributed by atoms with E-state index < -0.39 is 0 Å². The van der Waals surface area contributed by atoms with Gasteiger partial charge in [-0.05, 0) is 61.7 Å². The number of rotatable bonds is 2. The number of hydrogen-bond acceptors (Lipinski definition) is 5. The second-order valence-electron chi connectivity index (χ2n) is 6.71. The van der Waals surface area contributed by atoms with Gasteiger partial charge in [-0.1, -0.05) is 0 Å². The van der Waals surface area contributed by atoms with E-state index in [4.69, 9.17) is 4.98 Å². The Bertz CT molecular complexity index is 1060. The third-order valence-electron chi connectivity index (χ3n) is 4.94. The van der Waals surface area contributed by atoms with Gasteiger partial charge in [0.05, 0.1) is 10.2 Å². The van der Waals surface area contributed by atoms with Gasteiger partial charge in [0, 0.05) is 30.4 Å². The Balaban J connectivity index is 0.00000168. The van der Waals surface area contributed by atoms with Crippen LogP contribution in [0.25, 0.3) is 31.8 Å². The van der Waals surface area contributed by atoms with Crippen LogP contribution in [0.2, 0.25) is 0 Å². The van der Waals surface area contributed by atoms with Crippen molar-refractivity contribution in [2.75, 3.05) is 13.1 Å². The van der Waals surface area contributed by atoms with Crippen molar-refractivity contribution >= 4 is 45.0 Å². The average Bonchev–Trinajstić information content (AvgIpc) is 3.23. The molecule has 1 aliphatic rings. The summed E-state index contributed by atoms with van der Waals surface area (Å²) >= 11 is 1.73. The Morgan fingerprint density at radius 1 is 1.19 bits per heavy atom. The third kappa shape index (κ3) is 3.09. The van der Waals surface area contributed by atoms with E-state index in [0.29, 0.717) is 5.92 Å². The molecule has 26 heavy (non-hydrogen) atoms. The van der Waals surface area contributed by atoms with Gasteiger partial charge >= 0.3 is 0 Å². The minimum atomic E-state index is 0. The zero-order valence-electron chi connectivity index (χ0n) is 14.5. The maximum absolute atomic E-state index is 4.75. The summed E-state index contributed by atoms with van der Waals surface area (Å²) in [6.45, 7) is 2.20. The van der Waals surface area contributed by atoms with E-state index in [0.717, 1.165) is 40.2 Å². The lowest BCUT2D eigenvalue weighted by Gasteiger charge is -2.22. The van der Waals surface area contributed by atoms with Gasteiger partial charge in [-0.15, -0.1) is 23.7 Å². The number of hydrogen-bond donors (Lipinski definition) is 1. The lowest BCUT2D eigenvalue weighted by Crippen LogP contribution is -2.26. The minimum Gasteiger partial charge on any atom is -0.317 e. The van der Waals surface area contributed by atoms with E-state index in [-0.39, 0.29) is 12.4 Å². The molecule has 0 spiro atoms. The Labute approximate surface area is 161 Å². The molecule has 0 unspecified atom stereocenters. The summed E-state index contributed by atoms with van der Waals surface area (Å²) in [7, 11) is 1.95. The van der Waals surface area contributed by atoms with E-state index in [9.17, 15) is 0 Å². The zero-order valence-corrected chi connectivity index (χ0v) is 16.1. The molecule has 1 saturated heterocycles. The molecule has 5 rings (SSSR count). The van der Waals surface area contributed by atoms with Crippen molar-refractivity contribution in [3.05, 3.63) is 42.2 Å². The van der Waals surface area contributed by atoms with E-state index in [1.54, 1.807) is 11.3 Å². The molecule has 1 aliphatic heterocycles. The fourth-order valence-electron chi connectivity index (χ4n) is 3.62. The van der Waals surface area contributed by atoms with Crippen molar-refractivity contribution in [3.63, 3.8) is 0 Å². The number of nitrogens with zero attached hydrogens (tertiary/aromatic N) is 4. The van der Waals surface area contributed by atoms with E-state index in [2.05, 4.69) is 39.7 Å². The first-order valence-electron chi connectivity index (χ1n) is 8.67. The molecule has 0 radical (unpaired) electrons. The molecule has 3 aromatic heterocycles. The largest absolute Gasteiger partial charge is 0.317 e. The number of thiazole rings is 1. The fourth-order valence-corrected chi connectivity index (χ4v) is 4.59. The summed E-state index contributed by atoms with van der Waals surface area (Å²) in [6.07, 6.45) is 6.44. The van der Waals surface area contributed by atoms with Gasteiger partial charge in [0.1, 0.15) is 5.01 Å². The summed E-state index contributed by atoms with van der Waals surface area (Å²) in [5.41, 5.74) is 4.35. The maximum Gasteiger partial charge on any atom is 0.170 e. The number of halogens is 1. The van der Waals surface area contributed by atoms with Crippen molar-refractivity contribution in [2.45, 2.75) is 18.8 Å². The predicted octanol–water partition coefficient (Wildman–Crippen LogP) is 4.13. The molecule has 1 aromatic carbocycles. The molecular formula is C19H20ClN5S. The molecule has 0 bridgehead atoms. The van der Waals surface area contributed by atoms with Crippen LogP contribution >= 0.6 is 23.7 Å². The number of pyridine rings is 1. The highest BCUT2D eigenvalue weighted by molar-refractivity contribution is 7.21. The lowest BCUT2D eigenvalue weighted by atomic mass is 9.91. The zero-order chi connectivity index (χ0) is 16.8. The van der Waals surface area contributed by atoms with Crippen LogP contribution in [-0.4, -0.2) is 32.8 Å². The Morgan fingerprint density at radius 3 is 2.88 bits per heavy atom. The van der Waals surface area contributed by atoms with Gasteiger partial charge in [0.25, 0.3) is 0 Å². The lowest BCUT2D eigenvalue weighted by molar-refractivity contribution is 0.460. The first-order valence-corrected chi connectivity index (χ1v) is 9.49.